The molecular formula is C18H27N5O. The molecule has 1 saturated heterocycles. The number of piperazine rings is 1. The monoisotopic (exact) mass is 329 g/mol. The molecule has 1 fully saturated rings. The smallest absolute Gasteiger partial charge is 0.237 e. The van der Waals surface area contributed by atoms with Gasteiger partial charge in [-0.3, -0.25) is 9.69 Å². The number of anilines is 1. The van der Waals surface area contributed by atoms with Crippen LogP contribution >= 0.6 is 0 Å². The Bertz CT molecular complexity index is 614. The van der Waals surface area contributed by atoms with Gasteiger partial charge in [0, 0.05) is 37.9 Å². The fourth-order valence-electron chi connectivity index (χ4n) is 2.75. The van der Waals surface area contributed by atoms with Crippen LogP contribution in [0, 0.1) is 11.3 Å². The van der Waals surface area contributed by atoms with Crippen LogP contribution in [0.4, 0.5) is 5.82 Å². The molecule has 1 aromatic rings. The third-order valence-electron chi connectivity index (χ3n) is 4.79. The minimum atomic E-state index is -0.178. The molecule has 0 aromatic carbocycles. The number of nitrogens with zero attached hydrogens (tertiary/aromatic N) is 4. The largest absolute Gasteiger partial charge is 0.353 e. The van der Waals surface area contributed by atoms with Crippen molar-refractivity contribution < 1.29 is 4.79 Å². The van der Waals surface area contributed by atoms with E-state index in [2.05, 4.69) is 33.1 Å². The maximum atomic E-state index is 12.4. The molecule has 24 heavy (non-hydrogen) atoms. The van der Waals surface area contributed by atoms with E-state index in [9.17, 15) is 10.1 Å². The second kappa shape index (κ2) is 7.63. The van der Waals surface area contributed by atoms with Crippen LogP contribution in [0.3, 0.4) is 0 Å². The van der Waals surface area contributed by atoms with Crippen LogP contribution in [0.1, 0.15) is 39.7 Å². The van der Waals surface area contributed by atoms with Crippen molar-refractivity contribution in [3.63, 3.8) is 0 Å². The summed E-state index contributed by atoms with van der Waals surface area (Å²) in [7, 11) is 0. The molecule has 0 spiro atoms. The number of aromatic nitrogens is 1. The molecule has 2 heterocycles. The minimum absolute atomic E-state index is 0.0749. The van der Waals surface area contributed by atoms with E-state index in [1.807, 2.05) is 20.8 Å². The highest BCUT2D eigenvalue weighted by Gasteiger charge is 2.29. The Morgan fingerprint density at radius 1 is 1.42 bits per heavy atom. The van der Waals surface area contributed by atoms with Crippen molar-refractivity contribution in [1.29, 1.82) is 5.26 Å². The highest BCUT2D eigenvalue weighted by atomic mass is 16.2. The normalized spacial score (nSPS) is 17.2. The number of nitriles is 1. The van der Waals surface area contributed by atoms with Crippen molar-refractivity contribution >= 4 is 11.7 Å². The molecule has 1 atom stereocenters. The first-order chi connectivity index (χ1) is 11.4. The highest BCUT2D eigenvalue weighted by molar-refractivity contribution is 5.82. The number of carbonyl (C=O) groups excluding carboxylic acids is 1. The predicted octanol–water partition coefficient (Wildman–Crippen LogP) is 1.77. The fourth-order valence-corrected chi connectivity index (χ4v) is 2.75. The fraction of sp³-hybridized carbons (Fsp3) is 0.611. The van der Waals surface area contributed by atoms with Gasteiger partial charge in [0.2, 0.25) is 5.91 Å². The predicted molar refractivity (Wildman–Crippen MR) is 94.7 cm³/mol. The zero-order chi connectivity index (χ0) is 17.7. The Balaban J connectivity index is 1.95. The Morgan fingerprint density at radius 3 is 2.67 bits per heavy atom. The minimum Gasteiger partial charge on any atom is -0.353 e. The Morgan fingerprint density at radius 2 is 2.08 bits per heavy atom. The Labute approximate surface area is 144 Å². The number of carbonyl (C=O) groups is 1. The molecule has 6 nitrogen and oxygen atoms in total. The highest BCUT2D eigenvalue weighted by Crippen LogP contribution is 2.19. The summed E-state index contributed by atoms with van der Waals surface area (Å²) in [4.78, 5) is 21.1. The molecule has 0 saturated carbocycles. The van der Waals surface area contributed by atoms with Crippen molar-refractivity contribution in [2.75, 3.05) is 31.1 Å². The second-order valence-corrected chi connectivity index (χ2v) is 6.91. The van der Waals surface area contributed by atoms with E-state index in [-0.39, 0.29) is 17.5 Å². The van der Waals surface area contributed by atoms with Crippen LogP contribution in [0.2, 0.25) is 0 Å². The van der Waals surface area contributed by atoms with Gasteiger partial charge < -0.3 is 10.2 Å². The summed E-state index contributed by atoms with van der Waals surface area (Å²) in [5, 5.41) is 12.3. The van der Waals surface area contributed by atoms with Crippen molar-refractivity contribution in [2.45, 2.75) is 45.7 Å². The van der Waals surface area contributed by atoms with E-state index in [0.29, 0.717) is 5.56 Å². The summed E-state index contributed by atoms with van der Waals surface area (Å²) < 4.78 is 0. The zero-order valence-electron chi connectivity index (χ0n) is 15.0. The van der Waals surface area contributed by atoms with E-state index in [1.165, 1.54) is 0 Å². The molecular weight excluding hydrogens is 302 g/mol. The molecule has 0 radical (unpaired) electrons. The van der Waals surface area contributed by atoms with Crippen LogP contribution in [0.15, 0.2) is 18.3 Å². The van der Waals surface area contributed by atoms with E-state index < -0.39 is 0 Å². The number of hydrogen-bond acceptors (Lipinski definition) is 5. The lowest BCUT2D eigenvalue weighted by atomic mass is 10.0. The summed E-state index contributed by atoms with van der Waals surface area (Å²) in [6, 6.07) is 5.61. The van der Waals surface area contributed by atoms with Gasteiger partial charge in [-0.05, 0) is 39.3 Å². The summed E-state index contributed by atoms with van der Waals surface area (Å²) in [5.74, 6) is 0.815. The standard InChI is InChI=1S/C18H27N5O/c1-5-18(3,4)21-17(24)14(2)22-9-11-23(12-10-22)16-15(13-19)7-6-8-20-16/h6-8,14H,5,9-12H2,1-4H3,(H,21,24). The van der Waals surface area contributed by atoms with Gasteiger partial charge in [-0.15, -0.1) is 0 Å². The maximum Gasteiger partial charge on any atom is 0.237 e. The molecule has 1 N–H and O–H groups in total. The molecule has 1 amide bonds. The van der Waals surface area contributed by atoms with Crippen LogP contribution < -0.4 is 10.2 Å². The lowest BCUT2D eigenvalue weighted by molar-refractivity contribution is -0.127. The first kappa shape index (κ1) is 18.2. The van der Waals surface area contributed by atoms with Crippen LogP contribution in [0.5, 0.6) is 0 Å². The van der Waals surface area contributed by atoms with Gasteiger partial charge in [0.1, 0.15) is 11.9 Å². The number of pyridine rings is 1. The number of amides is 1. The van der Waals surface area contributed by atoms with Gasteiger partial charge in [0.25, 0.3) is 0 Å². The summed E-state index contributed by atoms with van der Waals surface area (Å²) in [6.07, 6.45) is 2.61. The summed E-state index contributed by atoms with van der Waals surface area (Å²) in [5.41, 5.74) is 0.421. The maximum absolute atomic E-state index is 12.4. The number of rotatable bonds is 5. The molecule has 0 aliphatic carbocycles. The third-order valence-corrected chi connectivity index (χ3v) is 4.79. The van der Waals surface area contributed by atoms with Crippen molar-refractivity contribution in [2.24, 2.45) is 0 Å². The zero-order valence-corrected chi connectivity index (χ0v) is 15.0. The number of nitrogens with one attached hydrogen (secondary N) is 1. The molecule has 1 aliphatic rings. The van der Waals surface area contributed by atoms with E-state index in [4.69, 9.17) is 0 Å². The van der Waals surface area contributed by atoms with Crippen molar-refractivity contribution in [1.82, 2.24) is 15.2 Å². The molecule has 1 aliphatic heterocycles. The SMILES string of the molecule is CCC(C)(C)NC(=O)C(C)N1CCN(c2ncccc2C#N)CC1. The average molecular weight is 329 g/mol. The van der Waals surface area contributed by atoms with Crippen LogP contribution in [-0.2, 0) is 4.79 Å². The van der Waals surface area contributed by atoms with Gasteiger partial charge in [-0.25, -0.2) is 4.98 Å². The molecule has 2 rings (SSSR count). The van der Waals surface area contributed by atoms with Crippen LogP contribution in [-0.4, -0.2) is 53.6 Å². The number of hydrogen-bond donors (Lipinski definition) is 1. The average Bonchev–Trinajstić information content (AvgIpc) is 2.60. The quantitative estimate of drug-likeness (QED) is 0.891. The second-order valence-electron chi connectivity index (χ2n) is 6.91. The first-order valence-electron chi connectivity index (χ1n) is 8.54. The molecule has 1 unspecified atom stereocenters. The van der Waals surface area contributed by atoms with E-state index in [0.717, 1.165) is 38.4 Å². The Hall–Kier alpha value is -2.13. The van der Waals surface area contributed by atoms with Gasteiger partial charge in [0.05, 0.1) is 11.6 Å². The summed E-state index contributed by atoms with van der Waals surface area (Å²) in [6.45, 7) is 11.2. The lowest BCUT2D eigenvalue weighted by Crippen LogP contribution is -2.56. The van der Waals surface area contributed by atoms with Gasteiger partial charge in [-0.1, -0.05) is 6.92 Å². The lowest BCUT2D eigenvalue weighted by Gasteiger charge is -2.39. The first-order valence-corrected chi connectivity index (χ1v) is 8.54. The molecule has 1 aromatic heterocycles. The van der Waals surface area contributed by atoms with Crippen LogP contribution in [0.25, 0.3) is 0 Å². The van der Waals surface area contributed by atoms with Crippen molar-refractivity contribution in [3.8, 4) is 6.07 Å². The topological polar surface area (TPSA) is 72.3 Å². The molecule has 6 heteroatoms. The van der Waals surface area contributed by atoms with Crippen molar-refractivity contribution in [3.05, 3.63) is 23.9 Å². The molecule has 130 valence electrons. The van der Waals surface area contributed by atoms with Gasteiger partial charge in [0.15, 0.2) is 0 Å². The van der Waals surface area contributed by atoms with E-state index >= 15 is 0 Å². The van der Waals surface area contributed by atoms with Gasteiger partial charge in [-0.2, -0.15) is 5.26 Å². The molecule has 0 bridgehead atoms. The Kier molecular flexibility index (Phi) is 5.79. The van der Waals surface area contributed by atoms with E-state index in [1.54, 1.807) is 18.3 Å². The summed E-state index contributed by atoms with van der Waals surface area (Å²) >= 11 is 0. The third kappa shape index (κ3) is 4.24. The van der Waals surface area contributed by atoms with Gasteiger partial charge >= 0.3 is 0 Å².